The Bertz CT molecular complexity index is 809. The van der Waals surface area contributed by atoms with E-state index in [4.69, 9.17) is 0 Å². The third-order valence-corrected chi connectivity index (χ3v) is 6.45. The maximum Gasteiger partial charge on any atom is 0.271 e. The molecule has 0 spiro atoms. The molecule has 1 aliphatic rings. The molecule has 1 aromatic rings. The van der Waals surface area contributed by atoms with Gasteiger partial charge >= 0.3 is 0 Å². The molecule has 1 heterocycles. The zero-order valence-corrected chi connectivity index (χ0v) is 15.9. The summed E-state index contributed by atoms with van der Waals surface area (Å²) in [6, 6.07) is 3.26. The van der Waals surface area contributed by atoms with Crippen LogP contribution in [0.25, 0.3) is 0 Å². The number of hydrazone groups is 1. The van der Waals surface area contributed by atoms with Gasteiger partial charge in [-0.15, -0.1) is 11.3 Å². The molecule has 1 fully saturated rings. The summed E-state index contributed by atoms with van der Waals surface area (Å²) in [4.78, 5) is 0. The number of allylic oxidation sites excluding steroid dienone is 3. The van der Waals surface area contributed by atoms with Crippen LogP contribution in [-0.2, 0) is 10.0 Å². The van der Waals surface area contributed by atoms with Gasteiger partial charge in [0.1, 0.15) is 4.21 Å². The van der Waals surface area contributed by atoms with E-state index in [1.165, 1.54) is 0 Å². The predicted octanol–water partition coefficient (Wildman–Crippen LogP) is 4.08. The maximum atomic E-state index is 12.5. The Labute approximate surface area is 153 Å². The van der Waals surface area contributed by atoms with E-state index in [0.717, 1.165) is 42.7 Å². The van der Waals surface area contributed by atoms with Gasteiger partial charge in [-0.05, 0) is 50.1 Å². The van der Waals surface area contributed by atoms with E-state index in [1.54, 1.807) is 35.7 Å². The summed E-state index contributed by atoms with van der Waals surface area (Å²) >= 11 is 1.16. The first kappa shape index (κ1) is 19.2. The van der Waals surface area contributed by atoms with Crippen molar-refractivity contribution < 1.29 is 8.42 Å². The predicted molar refractivity (Wildman–Crippen MR) is 105 cm³/mol. The van der Waals surface area contributed by atoms with Crippen LogP contribution in [0, 0.1) is 0 Å². The summed E-state index contributed by atoms with van der Waals surface area (Å²) in [5.41, 5.74) is 5.49. The highest BCUT2D eigenvalue weighted by molar-refractivity contribution is 7.91. The van der Waals surface area contributed by atoms with Gasteiger partial charge in [-0.2, -0.15) is 5.10 Å². The van der Waals surface area contributed by atoms with Gasteiger partial charge in [0.2, 0.25) is 0 Å². The number of thiophene rings is 1. The Balaban J connectivity index is 2.27. The Kier molecular flexibility index (Phi) is 6.78. The van der Waals surface area contributed by atoms with E-state index >= 15 is 0 Å². The van der Waals surface area contributed by atoms with Crippen LogP contribution in [0.5, 0.6) is 0 Å². The number of sulfonamides is 1. The second-order valence-electron chi connectivity index (χ2n) is 5.54. The van der Waals surface area contributed by atoms with E-state index in [2.05, 4.69) is 28.4 Å². The maximum absolute atomic E-state index is 12.5. The molecule has 1 saturated carbocycles. The number of hydrogen-bond donors (Lipinski definition) is 2. The largest absolute Gasteiger partial charge is 0.278 e. The number of rotatable bonds is 8. The first-order chi connectivity index (χ1) is 12.0. The van der Waals surface area contributed by atoms with Gasteiger partial charge in [-0.25, -0.2) is 8.42 Å². The summed E-state index contributed by atoms with van der Waals surface area (Å²) in [5.74, 6) is 0. The summed E-state index contributed by atoms with van der Waals surface area (Å²) in [7, 11) is -3.65. The molecule has 0 bridgehead atoms. The molecule has 0 saturated heterocycles. The van der Waals surface area contributed by atoms with Crippen molar-refractivity contribution in [3.8, 4) is 0 Å². The average Bonchev–Trinajstić information content (AvgIpc) is 3.27. The minimum absolute atomic E-state index is 0.252. The van der Waals surface area contributed by atoms with Crippen molar-refractivity contribution in [1.29, 1.82) is 0 Å². The lowest BCUT2D eigenvalue weighted by Crippen LogP contribution is -2.24. The van der Waals surface area contributed by atoms with Crippen LogP contribution in [0.1, 0.15) is 32.6 Å². The van der Waals surface area contributed by atoms with Crippen molar-refractivity contribution in [1.82, 2.24) is 10.1 Å². The van der Waals surface area contributed by atoms with Crippen LogP contribution in [0.4, 0.5) is 0 Å². The highest BCUT2D eigenvalue weighted by Gasteiger charge is 2.18. The van der Waals surface area contributed by atoms with Gasteiger partial charge in [-0.1, -0.05) is 31.4 Å². The molecular formula is C18H23N3O2S2. The highest BCUT2D eigenvalue weighted by atomic mass is 32.2. The van der Waals surface area contributed by atoms with E-state index < -0.39 is 10.0 Å². The first-order valence-corrected chi connectivity index (χ1v) is 10.4. The molecule has 0 radical (unpaired) electrons. The second kappa shape index (κ2) is 8.82. The van der Waals surface area contributed by atoms with E-state index in [0.29, 0.717) is 17.0 Å². The molecule has 7 heteroatoms. The van der Waals surface area contributed by atoms with Crippen LogP contribution in [-0.4, -0.2) is 14.1 Å². The third kappa shape index (κ3) is 5.17. The molecule has 0 unspecified atom stereocenters. The van der Waals surface area contributed by atoms with Gasteiger partial charge in [0, 0.05) is 11.3 Å². The topological polar surface area (TPSA) is 70.6 Å². The Morgan fingerprint density at radius 2 is 2.08 bits per heavy atom. The fourth-order valence-corrected chi connectivity index (χ4v) is 4.53. The van der Waals surface area contributed by atoms with Crippen molar-refractivity contribution in [3.63, 3.8) is 0 Å². The van der Waals surface area contributed by atoms with Crippen molar-refractivity contribution in [2.24, 2.45) is 5.10 Å². The number of hydrogen-bond acceptors (Lipinski definition) is 5. The molecule has 2 N–H and O–H groups in total. The number of nitrogens with zero attached hydrogens (tertiary/aromatic N) is 1. The zero-order chi connectivity index (χ0) is 18.3. The van der Waals surface area contributed by atoms with Gasteiger partial charge in [0.15, 0.2) is 0 Å². The summed E-state index contributed by atoms with van der Waals surface area (Å²) in [6.07, 6.45) is 9.28. The molecule has 2 rings (SSSR count). The second-order valence-corrected chi connectivity index (χ2v) is 8.40. The fraction of sp³-hybridized carbons (Fsp3) is 0.278. The van der Waals surface area contributed by atoms with Gasteiger partial charge in [0.25, 0.3) is 10.0 Å². The fourth-order valence-electron chi connectivity index (χ4n) is 2.45. The van der Waals surface area contributed by atoms with Crippen molar-refractivity contribution in [2.45, 2.75) is 36.8 Å². The van der Waals surface area contributed by atoms with E-state index in [9.17, 15) is 8.42 Å². The lowest BCUT2D eigenvalue weighted by Gasteiger charge is -2.14. The summed E-state index contributed by atoms with van der Waals surface area (Å²) < 4.78 is 27.9. The summed E-state index contributed by atoms with van der Waals surface area (Å²) in [6.45, 7) is 9.57. The van der Waals surface area contributed by atoms with E-state index in [1.807, 2.05) is 6.92 Å². The van der Waals surface area contributed by atoms with Crippen LogP contribution >= 0.6 is 11.3 Å². The zero-order valence-electron chi connectivity index (χ0n) is 14.3. The molecule has 0 aromatic carbocycles. The van der Waals surface area contributed by atoms with Crippen LogP contribution < -0.4 is 10.1 Å². The molecule has 134 valence electrons. The minimum Gasteiger partial charge on any atom is -0.278 e. The molecule has 5 nitrogen and oxygen atoms in total. The molecule has 1 aromatic heterocycles. The third-order valence-electron chi connectivity index (χ3n) is 3.69. The highest BCUT2D eigenvalue weighted by Crippen LogP contribution is 2.20. The van der Waals surface area contributed by atoms with Crippen LogP contribution in [0.2, 0.25) is 0 Å². The lowest BCUT2D eigenvalue weighted by atomic mass is 10.1. The SMILES string of the molecule is C=C/C(C(=C)NN=C1CCCC1)=C(\C=C/C)NS(=O)(=O)c1cccs1. The lowest BCUT2D eigenvalue weighted by molar-refractivity contribution is 0.591. The monoisotopic (exact) mass is 377 g/mol. The van der Waals surface area contributed by atoms with Crippen LogP contribution in [0.3, 0.4) is 0 Å². The molecule has 0 amide bonds. The van der Waals surface area contributed by atoms with Crippen molar-refractivity contribution >= 4 is 27.1 Å². The molecule has 25 heavy (non-hydrogen) atoms. The molecule has 1 aliphatic carbocycles. The Hall–Kier alpha value is -2.12. The molecule has 0 atom stereocenters. The van der Waals surface area contributed by atoms with Crippen molar-refractivity contribution in [2.75, 3.05) is 0 Å². The summed E-state index contributed by atoms with van der Waals surface area (Å²) in [5, 5.41) is 6.09. The van der Waals surface area contributed by atoms with Gasteiger partial charge < -0.3 is 0 Å². The van der Waals surface area contributed by atoms with Crippen molar-refractivity contribution in [3.05, 3.63) is 65.9 Å². The Morgan fingerprint density at radius 3 is 2.64 bits per heavy atom. The molecule has 0 aliphatic heterocycles. The van der Waals surface area contributed by atoms with Crippen LogP contribution in [0.15, 0.2) is 75.2 Å². The minimum atomic E-state index is -3.65. The van der Waals surface area contributed by atoms with E-state index in [-0.39, 0.29) is 4.21 Å². The molecular weight excluding hydrogens is 354 g/mol. The van der Waals surface area contributed by atoms with Gasteiger partial charge in [-0.3, -0.25) is 10.1 Å². The Morgan fingerprint density at radius 1 is 1.36 bits per heavy atom. The smallest absolute Gasteiger partial charge is 0.271 e. The standard InChI is InChI=1S/C18H23N3O2S2/c1-4-9-17(21-25(22,23)18-12-8-13-24-18)16(5-2)14(3)19-20-15-10-6-7-11-15/h4-5,8-9,12-13,19,21H,2-3,6-7,10-11H2,1H3/b9-4-,17-16-. The normalized spacial score (nSPS) is 15.8. The first-order valence-electron chi connectivity index (χ1n) is 8.04. The number of nitrogens with one attached hydrogen (secondary N) is 2. The quantitative estimate of drug-likeness (QED) is 0.530. The van der Waals surface area contributed by atoms with Gasteiger partial charge in [0.05, 0.1) is 11.4 Å². The average molecular weight is 378 g/mol.